The average Bonchev–Trinajstić information content (AvgIpc) is 2.44. The Morgan fingerprint density at radius 2 is 1.85 bits per heavy atom. The standard InChI is InChI=1S/2C5H8O3.4CH4/c1-3-2-4(6)8-5(3)7;1-4(3-6)2-5(7)8;;;;/h3,5,7H,2H2,1H3;3-4H,2H2,1H3,(H,7,8);4*1H4. The summed E-state index contributed by atoms with van der Waals surface area (Å²) in [5.74, 6) is -1.61. The van der Waals surface area contributed by atoms with Crippen LogP contribution in [0.1, 0.15) is 56.4 Å². The van der Waals surface area contributed by atoms with Crippen LogP contribution >= 0.6 is 0 Å². The first-order chi connectivity index (χ1) is 7.36. The van der Waals surface area contributed by atoms with Crippen LogP contribution in [0.2, 0.25) is 0 Å². The van der Waals surface area contributed by atoms with E-state index < -0.39 is 12.3 Å². The maximum atomic E-state index is 10.3. The lowest BCUT2D eigenvalue weighted by Crippen LogP contribution is -2.10. The van der Waals surface area contributed by atoms with Crippen molar-refractivity contribution in [2.24, 2.45) is 11.8 Å². The number of carbonyl (C=O) groups excluding carboxylic acids is 2. The predicted molar refractivity (Wildman–Crippen MR) is 80.3 cm³/mol. The maximum absolute atomic E-state index is 10.3. The van der Waals surface area contributed by atoms with Crippen LogP contribution in [0.25, 0.3) is 0 Å². The number of cyclic esters (lactones) is 1. The number of carboxylic acids is 1. The summed E-state index contributed by atoms with van der Waals surface area (Å²) in [4.78, 5) is 29.9. The first kappa shape index (κ1) is 31.1. The first-order valence-electron chi connectivity index (χ1n) is 4.91. The second-order valence-electron chi connectivity index (χ2n) is 3.77. The highest BCUT2D eigenvalue weighted by molar-refractivity contribution is 5.71. The molecule has 0 aliphatic carbocycles. The molecule has 2 N–H and O–H groups in total. The summed E-state index contributed by atoms with van der Waals surface area (Å²) in [6.07, 6.45) is 0.0567. The van der Waals surface area contributed by atoms with Crippen LogP contribution < -0.4 is 0 Å². The van der Waals surface area contributed by atoms with Crippen molar-refractivity contribution in [2.45, 2.75) is 62.7 Å². The molecule has 1 saturated heterocycles. The zero-order valence-electron chi connectivity index (χ0n) is 9.25. The molecule has 124 valence electrons. The SMILES string of the molecule is C.C.C.C.CC(C=O)CC(=O)O.CC1CC(=O)OC1O. The van der Waals surface area contributed by atoms with Crippen LogP contribution in [0.5, 0.6) is 0 Å². The summed E-state index contributed by atoms with van der Waals surface area (Å²) in [7, 11) is 0. The minimum atomic E-state index is -0.926. The molecule has 20 heavy (non-hydrogen) atoms. The van der Waals surface area contributed by atoms with E-state index in [1.54, 1.807) is 13.8 Å². The van der Waals surface area contributed by atoms with Gasteiger partial charge in [-0.15, -0.1) is 0 Å². The van der Waals surface area contributed by atoms with Gasteiger partial charge in [0.05, 0.1) is 12.8 Å². The topological polar surface area (TPSA) is 101 Å². The Labute approximate surface area is 123 Å². The highest BCUT2D eigenvalue weighted by atomic mass is 16.6. The predicted octanol–water partition coefficient (Wildman–Crippen LogP) is 2.73. The Hall–Kier alpha value is -1.43. The van der Waals surface area contributed by atoms with Gasteiger partial charge in [0.15, 0.2) is 0 Å². The summed E-state index contributed by atoms with van der Waals surface area (Å²) in [6, 6.07) is 0. The van der Waals surface area contributed by atoms with Crippen molar-refractivity contribution in [1.29, 1.82) is 0 Å². The fourth-order valence-electron chi connectivity index (χ4n) is 0.986. The van der Waals surface area contributed by atoms with Gasteiger partial charge in [-0.1, -0.05) is 43.6 Å². The summed E-state index contributed by atoms with van der Waals surface area (Å²) in [5.41, 5.74) is 0. The van der Waals surface area contributed by atoms with Crippen molar-refractivity contribution in [3.63, 3.8) is 0 Å². The molecule has 1 heterocycles. The molecule has 6 heteroatoms. The van der Waals surface area contributed by atoms with Gasteiger partial charge in [-0.25, -0.2) is 0 Å². The molecule has 0 radical (unpaired) electrons. The molecule has 1 rings (SSSR count). The number of esters is 1. The Kier molecular flexibility index (Phi) is 24.3. The molecular formula is C14H32O6. The van der Waals surface area contributed by atoms with Gasteiger partial charge >= 0.3 is 11.9 Å². The number of carbonyl (C=O) groups is 3. The van der Waals surface area contributed by atoms with Gasteiger partial charge in [0, 0.05) is 11.8 Å². The zero-order chi connectivity index (χ0) is 12.7. The lowest BCUT2D eigenvalue weighted by molar-refractivity contribution is -0.155. The lowest BCUT2D eigenvalue weighted by Gasteiger charge is -2.02. The molecule has 1 aliphatic rings. The van der Waals surface area contributed by atoms with Crippen LogP contribution in [0.4, 0.5) is 0 Å². The summed E-state index contributed by atoms with van der Waals surface area (Å²) >= 11 is 0. The Morgan fingerprint density at radius 3 is 1.95 bits per heavy atom. The third-order valence-electron chi connectivity index (χ3n) is 1.96. The maximum Gasteiger partial charge on any atom is 0.308 e. The summed E-state index contributed by atoms with van der Waals surface area (Å²) < 4.78 is 4.39. The van der Waals surface area contributed by atoms with E-state index in [-0.39, 0.29) is 53.9 Å². The van der Waals surface area contributed by atoms with Gasteiger partial charge in [0.1, 0.15) is 6.29 Å². The molecule has 0 saturated carbocycles. The van der Waals surface area contributed by atoms with E-state index in [4.69, 9.17) is 10.2 Å². The number of ether oxygens (including phenoxy) is 1. The monoisotopic (exact) mass is 296 g/mol. The summed E-state index contributed by atoms with van der Waals surface area (Å²) in [6.45, 7) is 3.34. The molecule has 0 aromatic carbocycles. The number of aliphatic hydroxyl groups excluding tert-OH is 1. The normalized spacial score (nSPS) is 20.1. The number of aldehydes is 1. The van der Waals surface area contributed by atoms with Crippen molar-refractivity contribution in [2.75, 3.05) is 0 Å². The van der Waals surface area contributed by atoms with Gasteiger partial charge in [-0.2, -0.15) is 0 Å². The van der Waals surface area contributed by atoms with Crippen molar-refractivity contribution in [3.8, 4) is 0 Å². The molecule has 3 atom stereocenters. The lowest BCUT2D eigenvalue weighted by atomic mass is 10.1. The van der Waals surface area contributed by atoms with Gasteiger partial charge < -0.3 is 19.7 Å². The van der Waals surface area contributed by atoms with E-state index in [2.05, 4.69) is 4.74 Å². The molecule has 0 bridgehead atoms. The number of aliphatic carboxylic acids is 1. The van der Waals surface area contributed by atoms with Crippen molar-refractivity contribution in [1.82, 2.24) is 0 Å². The fourth-order valence-corrected chi connectivity index (χ4v) is 0.986. The van der Waals surface area contributed by atoms with Crippen LogP contribution in [0.3, 0.4) is 0 Å². The molecular weight excluding hydrogens is 264 g/mol. The van der Waals surface area contributed by atoms with E-state index in [0.717, 1.165) is 0 Å². The molecule has 0 aromatic heterocycles. The highest BCUT2D eigenvalue weighted by Gasteiger charge is 2.28. The van der Waals surface area contributed by atoms with Crippen molar-refractivity contribution < 1.29 is 29.3 Å². The Morgan fingerprint density at radius 1 is 1.40 bits per heavy atom. The molecule has 1 fully saturated rings. The molecule has 1 aliphatic heterocycles. The zero-order valence-corrected chi connectivity index (χ0v) is 9.25. The minimum absolute atomic E-state index is 0. The third kappa shape index (κ3) is 14.6. The Balaban J connectivity index is -0.0000000625. The number of hydrogen-bond acceptors (Lipinski definition) is 5. The summed E-state index contributed by atoms with van der Waals surface area (Å²) in [5, 5.41) is 16.8. The smallest absolute Gasteiger partial charge is 0.308 e. The van der Waals surface area contributed by atoms with Gasteiger partial charge in [0.2, 0.25) is 6.29 Å². The van der Waals surface area contributed by atoms with Crippen LogP contribution in [-0.2, 0) is 19.1 Å². The quantitative estimate of drug-likeness (QED) is 0.613. The molecule has 3 unspecified atom stereocenters. The number of aliphatic hydroxyl groups is 1. The van der Waals surface area contributed by atoms with Gasteiger partial charge in [0.25, 0.3) is 0 Å². The number of carboxylic acid groups (broad SMARTS) is 1. The van der Waals surface area contributed by atoms with E-state index >= 15 is 0 Å². The van der Waals surface area contributed by atoms with Crippen LogP contribution in [-0.4, -0.2) is 34.7 Å². The van der Waals surface area contributed by atoms with Crippen LogP contribution in [0.15, 0.2) is 0 Å². The van der Waals surface area contributed by atoms with E-state index in [1.807, 2.05) is 0 Å². The van der Waals surface area contributed by atoms with Crippen molar-refractivity contribution >= 4 is 18.2 Å². The fraction of sp³-hybridized carbons (Fsp3) is 0.786. The minimum Gasteiger partial charge on any atom is -0.481 e. The number of hydrogen-bond donors (Lipinski definition) is 2. The first-order valence-corrected chi connectivity index (χ1v) is 4.91. The van der Waals surface area contributed by atoms with E-state index in [0.29, 0.717) is 12.7 Å². The third-order valence-corrected chi connectivity index (χ3v) is 1.96. The van der Waals surface area contributed by atoms with E-state index in [1.165, 1.54) is 0 Å². The molecule has 0 amide bonds. The number of rotatable bonds is 3. The van der Waals surface area contributed by atoms with Crippen LogP contribution in [0, 0.1) is 11.8 Å². The van der Waals surface area contributed by atoms with E-state index in [9.17, 15) is 14.4 Å². The molecule has 0 spiro atoms. The average molecular weight is 296 g/mol. The Bertz CT molecular complexity index is 252. The molecule has 6 nitrogen and oxygen atoms in total. The second-order valence-corrected chi connectivity index (χ2v) is 3.77. The second kappa shape index (κ2) is 15.6. The van der Waals surface area contributed by atoms with Gasteiger partial charge in [-0.05, 0) is 0 Å². The largest absolute Gasteiger partial charge is 0.481 e. The highest BCUT2D eigenvalue weighted by Crippen LogP contribution is 2.18. The molecule has 0 aromatic rings. The van der Waals surface area contributed by atoms with Gasteiger partial charge in [-0.3, -0.25) is 9.59 Å². The van der Waals surface area contributed by atoms with Crippen molar-refractivity contribution in [3.05, 3.63) is 0 Å².